The Morgan fingerprint density at radius 3 is 0.844 bits per heavy atom. The van der Waals surface area contributed by atoms with Gasteiger partial charge in [-0.2, -0.15) is 0 Å². The van der Waals surface area contributed by atoms with E-state index in [0.29, 0.717) is 13.2 Å². The summed E-state index contributed by atoms with van der Waals surface area (Å²) in [7, 11) is 0. The van der Waals surface area contributed by atoms with Crippen LogP contribution < -0.4 is 10.2 Å². The quantitative estimate of drug-likeness (QED) is 0.0407. The van der Waals surface area contributed by atoms with Crippen LogP contribution in [-0.4, -0.2) is 56.5 Å². The van der Waals surface area contributed by atoms with E-state index in [4.69, 9.17) is 10.2 Å². The van der Waals surface area contributed by atoms with Gasteiger partial charge in [0, 0.05) is 25.2 Å². The Balaban J connectivity index is -0.000000720. The number of carbonyl (C=O) groups excluding carboxylic acids is 2. The number of rotatable bonds is 32. The molecule has 0 unspecified atom stereocenters. The molecule has 0 aromatic heterocycles. The number of carbonyl (C=O) groups is 2. The molecule has 0 bridgehead atoms. The fourth-order valence-electron chi connectivity index (χ4n) is 4.76. The molecule has 0 aliphatic carbocycles. The van der Waals surface area contributed by atoms with Gasteiger partial charge in [0.2, 0.25) is 0 Å². The van der Waals surface area contributed by atoms with Crippen molar-refractivity contribution >= 4 is 33.1 Å². The zero-order valence-electron chi connectivity index (χ0n) is 29.6. The van der Waals surface area contributed by atoms with Crippen LogP contribution in [-0.2, 0) is 9.59 Å². The molecule has 0 amide bonds. The van der Waals surface area contributed by atoms with E-state index in [1.165, 1.54) is 89.9 Å². The summed E-state index contributed by atoms with van der Waals surface area (Å²) in [4.78, 5) is 25.0. The van der Waals surface area contributed by atoms with Gasteiger partial charge in [-0.1, -0.05) is 114 Å². The predicted octanol–water partition coefficient (Wildman–Crippen LogP) is 8.28. The van der Waals surface area contributed by atoms with E-state index in [9.17, 15) is 19.8 Å². The number of aliphatic hydroxyl groups excluding tert-OH is 2. The second kappa shape index (κ2) is 47.5. The second-order valence-corrected chi connectivity index (χ2v) is 14.9. The van der Waals surface area contributed by atoms with Crippen LogP contribution in [0.25, 0.3) is 0 Å². The molecule has 7 heteroatoms. The number of aliphatic carboxylic acids is 2. The van der Waals surface area contributed by atoms with Gasteiger partial charge in [0.25, 0.3) is 0 Å². The van der Waals surface area contributed by atoms with E-state index in [2.05, 4.69) is 34.2 Å². The van der Waals surface area contributed by atoms with E-state index in [0.717, 1.165) is 77.0 Å². The molecule has 0 rings (SSSR count). The number of aliphatic hydroxyl groups is 2. The summed E-state index contributed by atoms with van der Waals surface area (Å²) in [5, 5.41) is 37.7. The van der Waals surface area contributed by atoms with Gasteiger partial charge >= 0.3 is 31.0 Å². The number of carboxylic acid groups (broad SMARTS) is 2. The zero-order chi connectivity index (χ0) is 33.9. The van der Waals surface area contributed by atoms with Gasteiger partial charge in [-0.25, -0.2) is 0 Å². The summed E-state index contributed by atoms with van der Waals surface area (Å²) in [6, 6.07) is 0. The Morgan fingerprint density at radius 1 is 0.422 bits per heavy atom. The van der Waals surface area contributed by atoms with Crippen molar-refractivity contribution in [2.75, 3.05) is 13.2 Å². The standard InChI is InChI=1S/2C18H34O3.2CH3.Sn/c2*19-17-15-13-11-9-7-5-3-1-2-4-6-8-10-12-14-16-18(20)21;;;/h2*1-2,19H,3-17H2,(H,20,21);2*1H3;/q;;;;+2/p-2/b2*2-1-;;;. The van der Waals surface area contributed by atoms with E-state index in [1.807, 2.05) is 0 Å². The van der Waals surface area contributed by atoms with Crippen molar-refractivity contribution < 1.29 is 30.0 Å². The van der Waals surface area contributed by atoms with Crippen LogP contribution >= 0.6 is 0 Å². The number of hydrogen-bond donors (Lipinski definition) is 2. The first-order valence-corrected chi connectivity index (χ1v) is 24.2. The summed E-state index contributed by atoms with van der Waals surface area (Å²) >= 11 is 0.230. The molecule has 0 aromatic rings. The van der Waals surface area contributed by atoms with Crippen molar-refractivity contribution in [3.05, 3.63) is 24.3 Å². The molecule has 2 N–H and O–H groups in total. The van der Waals surface area contributed by atoms with Crippen LogP contribution in [0.3, 0.4) is 0 Å². The summed E-state index contributed by atoms with van der Waals surface area (Å²) in [5.74, 6) is -1.85. The third-order valence-electron chi connectivity index (χ3n) is 7.39. The molecule has 0 saturated heterocycles. The summed E-state index contributed by atoms with van der Waals surface area (Å²) < 4.78 is 0. The number of allylic oxidation sites excluding steroid dienone is 4. The summed E-state index contributed by atoms with van der Waals surface area (Å²) in [5.41, 5.74) is 0. The van der Waals surface area contributed by atoms with Gasteiger partial charge in [0.15, 0.2) is 0 Å². The topological polar surface area (TPSA) is 121 Å². The van der Waals surface area contributed by atoms with Crippen LogP contribution in [0.1, 0.15) is 180 Å². The number of hydrogen-bond acceptors (Lipinski definition) is 6. The fraction of sp³-hybridized carbons (Fsp3) is 0.842. The normalized spacial score (nSPS) is 10.8. The molecule has 0 saturated carbocycles. The molecule has 0 aliphatic rings. The average molecular weight is 744 g/mol. The van der Waals surface area contributed by atoms with Gasteiger partial charge < -0.3 is 30.0 Å². The summed E-state index contributed by atoms with van der Waals surface area (Å²) in [6.45, 7) is 0.666. The minimum atomic E-state index is -0.925. The Labute approximate surface area is 289 Å². The van der Waals surface area contributed by atoms with E-state index in [-0.39, 0.29) is 34.0 Å². The summed E-state index contributed by atoms with van der Waals surface area (Å²) in [6.07, 6.45) is 39.3. The number of unbranched alkanes of at least 4 members (excludes halogenated alkanes) is 22. The van der Waals surface area contributed by atoms with Crippen LogP contribution in [0.2, 0.25) is 9.88 Å². The van der Waals surface area contributed by atoms with E-state index < -0.39 is 11.9 Å². The van der Waals surface area contributed by atoms with Gasteiger partial charge in [-0.15, -0.1) is 0 Å². The Hall–Kier alpha value is -0.861. The number of carboxylic acids is 2. The zero-order valence-corrected chi connectivity index (χ0v) is 32.4. The Kier molecular flexibility index (Phi) is 51.3. The molecule has 45 heavy (non-hydrogen) atoms. The van der Waals surface area contributed by atoms with E-state index >= 15 is 0 Å². The third-order valence-corrected chi connectivity index (χ3v) is 7.39. The van der Waals surface area contributed by atoms with Crippen LogP contribution in [0.4, 0.5) is 0 Å². The fourth-order valence-corrected chi connectivity index (χ4v) is 4.76. The predicted molar refractivity (Wildman–Crippen MR) is 189 cm³/mol. The van der Waals surface area contributed by atoms with Gasteiger partial charge in [0.05, 0.1) is 0 Å². The molecule has 0 aliphatic heterocycles. The molecule has 0 heterocycles. The first-order valence-electron chi connectivity index (χ1n) is 18.5. The molecule has 0 fully saturated rings. The first kappa shape index (κ1) is 48.5. The monoisotopic (exact) mass is 744 g/mol. The Morgan fingerprint density at radius 2 is 0.622 bits per heavy atom. The van der Waals surface area contributed by atoms with Gasteiger partial charge in [-0.3, -0.25) is 0 Å². The SMILES string of the molecule is O=C([O-])CCCCCCC/C=C\CCCCCCCCO.O=C([O-])CCCCCCC/C=C\CCCCCCCCO.[CH3][Sn+2][CH3]. The Bertz CT molecular complexity index is 571. The minimum absolute atomic E-state index is 0.208. The average Bonchev–Trinajstić information content (AvgIpc) is 3.01. The van der Waals surface area contributed by atoms with Crippen LogP contribution in [0, 0.1) is 0 Å². The van der Waals surface area contributed by atoms with Crippen LogP contribution in [0.15, 0.2) is 24.3 Å². The van der Waals surface area contributed by atoms with Gasteiger partial charge in [-0.05, 0) is 89.9 Å². The molecule has 0 aromatic carbocycles. The molecular formula is C38H72O6Sn. The molecule has 0 atom stereocenters. The first-order chi connectivity index (χ1) is 22.0. The van der Waals surface area contributed by atoms with Crippen molar-refractivity contribution in [1.29, 1.82) is 0 Å². The maximum absolute atomic E-state index is 10.2. The van der Waals surface area contributed by atoms with Crippen LogP contribution in [0.5, 0.6) is 0 Å². The molecule has 264 valence electrons. The molecule has 0 radical (unpaired) electrons. The second-order valence-electron chi connectivity index (χ2n) is 12.1. The molecule has 0 spiro atoms. The van der Waals surface area contributed by atoms with Crippen molar-refractivity contribution in [2.45, 2.75) is 190 Å². The van der Waals surface area contributed by atoms with Crippen molar-refractivity contribution in [1.82, 2.24) is 0 Å². The van der Waals surface area contributed by atoms with Gasteiger partial charge in [0.1, 0.15) is 0 Å². The van der Waals surface area contributed by atoms with Crippen molar-refractivity contribution in [3.63, 3.8) is 0 Å². The van der Waals surface area contributed by atoms with E-state index in [1.54, 1.807) is 0 Å². The van der Waals surface area contributed by atoms with Crippen molar-refractivity contribution in [3.8, 4) is 0 Å². The third kappa shape index (κ3) is 59.1. The maximum atomic E-state index is 10.2. The molecular weight excluding hydrogens is 671 g/mol. The van der Waals surface area contributed by atoms with Crippen molar-refractivity contribution in [2.24, 2.45) is 0 Å². The molecule has 6 nitrogen and oxygen atoms in total.